The quantitative estimate of drug-likeness (QED) is 0.689. The summed E-state index contributed by atoms with van der Waals surface area (Å²) in [4.78, 5) is 11.4. The Labute approximate surface area is 149 Å². The average molecular weight is 356 g/mol. The Balaban J connectivity index is 2.01. The standard InChI is InChI=1S/C18H17FN4OS/c1-12(16(20)24)25-18-22-21-17(14-7-9-15(19)10-8-14)23(18)11-13-5-3-2-4-6-13/h2-10,12H,11H2,1H3,(H2,20,24)/t12-/m1/s1. The van der Waals surface area contributed by atoms with Crippen molar-refractivity contribution in [2.75, 3.05) is 0 Å². The van der Waals surface area contributed by atoms with Gasteiger partial charge in [-0.15, -0.1) is 10.2 Å². The summed E-state index contributed by atoms with van der Waals surface area (Å²) in [6, 6.07) is 15.9. The van der Waals surface area contributed by atoms with Gasteiger partial charge in [0.05, 0.1) is 11.8 Å². The number of halogens is 1. The maximum absolute atomic E-state index is 13.2. The molecule has 0 aliphatic rings. The van der Waals surface area contributed by atoms with E-state index in [1.54, 1.807) is 19.1 Å². The summed E-state index contributed by atoms with van der Waals surface area (Å²) in [5, 5.41) is 8.61. The molecule has 5 nitrogen and oxygen atoms in total. The minimum atomic E-state index is -0.431. The summed E-state index contributed by atoms with van der Waals surface area (Å²) in [5.41, 5.74) is 7.18. The fourth-order valence-corrected chi connectivity index (χ4v) is 3.11. The van der Waals surface area contributed by atoms with Crippen molar-refractivity contribution >= 4 is 17.7 Å². The smallest absolute Gasteiger partial charge is 0.230 e. The fraction of sp³-hybridized carbons (Fsp3) is 0.167. The Morgan fingerprint density at radius 1 is 1.16 bits per heavy atom. The van der Waals surface area contributed by atoms with Crippen LogP contribution in [0.15, 0.2) is 59.8 Å². The normalized spacial score (nSPS) is 12.1. The molecule has 1 atom stereocenters. The predicted molar refractivity (Wildman–Crippen MR) is 95.5 cm³/mol. The zero-order valence-corrected chi connectivity index (χ0v) is 14.4. The number of amides is 1. The maximum atomic E-state index is 13.2. The van der Waals surface area contributed by atoms with Crippen LogP contribution >= 0.6 is 11.8 Å². The molecule has 0 radical (unpaired) electrons. The average Bonchev–Trinajstić information content (AvgIpc) is 2.99. The molecule has 1 amide bonds. The molecule has 1 aromatic heterocycles. The highest BCUT2D eigenvalue weighted by Gasteiger charge is 2.19. The van der Waals surface area contributed by atoms with Crippen LogP contribution in [0.1, 0.15) is 12.5 Å². The van der Waals surface area contributed by atoms with E-state index >= 15 is 0 Å². The SMILES string of the molecule is C[C@@H](Sc1nnc(-c2ccc(F)cc2)n1Cc1ccccc1)C(N)=O. The molecule has 0 saturated carbocycles. The first-order valence-corrected chi connectivity index (χ1v) is 8.61. The van der Waals surface area contributed by atoms with Crippen molar-refractivity contribution < 1.29 is 9.18 Å². The lowest BCUT2D eigenvalue weighted by molar-refractivity contribution is -0.117. The van der Waals surface area contributed by atoms with Crippen LogP contribution < -0.4 is 5.73 Å². The lowest BCUT2D eigenvalue weighted by Crippen LogP contribution is -2.23. The fourth-order valence-electron chi connectivity index (χ4n) is 2.31. The van der Waals surface area contributed by atoms with E-state index in [0.29, 0.717) is 17.5 Å². The van der Waals surface area contributed by atoms with Crippen molar-refractivity contribution in [1.82, 2.24) is 14.8 Å². The van der Waals surface area contributed by atoms with E-state index < -0.39 is 11.2 Å². The van der Waals surface area contributed by atoms with Gasteiger partial charge in [0, 0.05) is 5.56 Å². The molecule has 2 aromatic carbocycles. The number of nitrogens with two attached hydrogens (primary N) is 1. The molecule has 0 unspecified atom stereocenters. The molecule has 128 valence electrons. The summed E-state index contributed by atoms with van der Waals surface area (Å²) in [6.07, 6.45) is 0. The second kappa shape index (κ2) is 7.48. The van der Waals surface area contributed by atoms with Crippen molar-refractivity contribution in [2.24, 2.45) is 5.73 Å². The molecule has 0 saturated heterocycles. The van der Waals surface area contributed by atoms with Crippen LogP contribution in [-0.2, 0) is 11.3 Å². The van der Waals surface area contributed by atoms with Crippen molar-refractivity contribution in [3.63, 3.8) is 0 Å². The number of nitrogens with zero attached hydrogens (tertiary/aromatic N) is 3. The van der Waals surface area contributed by atoms with Crippen molar-refractivity contribution in [1.29, 1.82) is 0 Å². The Hall–Kier alpha value is -2.67. The zero-order valence-electron chi connectivity index (χ0n) is 13.6. The molecule has 0 aliphatic heterocycles. The summed E-state index contributed by atoms with van der Waals surface area (Å²) >= 11 is 1.26. The monoisotopic (exact) mass is 356 g/mol. The molecule has 0 aliphatic carbocycles. The first kappa shape index (κ1) is 17.2. The zero-order chi connectivity index (χ0) is 17.8. The van der Waals surface area contributed by atoms with E-state index in [0.717, 1.165) is 11.1 Å². The molecule has 2 N–H and O–H groups in total. The number of rotatable bonds is 6. The van der Waals surface area contributed by atoms with E-state index in [9.17, 15) is 9.18 Å². The van der Waals surface area contributed by atoms with Gasteiger partial charge in [-0.1, -0.05) is 42.1 Å². The molecule has 3 aromatic rings. The Bertz CT molecular complexity index is 865. The number of hydrogen-bond acceptors (Lipinski definition) is 4. The van der Waals surface area contributed by atoms with Gasteiger partial charge in [0.1, 0.15) is 5.82 Å². The van der Waals surface area contributed by atoms with E-state index in [2.05, 4.69) is 10.2 Å². The van der Waals surface area contributed by atoms with E-state index in [1.165, 1.54) is 23.9 Å². The van der Waals surface area contributed by atoms with Gasteiger partial charge in [-0.3, -0.25) is 9.36 Å². The molecule has 25 heavy (non-hydrogen) atoms. The predicted octanol–water partition coefficient (Wildman–Crippen LogP) is 3.10. The third-order valence-corrected chi connectivity index (χ3v) is 4.78. The second-order valence-electron chi connectivity index (χ2n) is 5.55. The van der Waals surface area contributed by atoms with Gasteiger partial charge >= 0.3 is 0 Å². The van der Waals surface area contributed by atoms with Crippen LogP contribution in [0.5, 0.6) is 0 Å². The molecular formula is C18H17FN4OS. The third kappa shape index (κ3) is 4.06. The van der Waals surface area contributed by atoms with Gasteiger partial charge in [0.2, 0.25) is 5.91 Å². The van der Waals surface area contributed by atoms with Gasteiger partial charge in [-0.25, -0.2) is 4.39 Å². The molecule has 1 heterocycles. The minimum Gasteiger partial charge on any atom is -0.369 e. The summed E-state index contributed by atoms with van der Waals surface area (Å²) in [7, 11) is 0. The molecular weight excluding hydrogens is 339 g/mol. The number of benzene rings is 2. The van der Waals surface area contributed by atoms with Crippen LogP contribution in [0.25, 0.3) is 11.4 Å². The lowest BCUT2D eigenvalue weighted by atomic mass is 10.2. The van der Waals surface area contributed by atoms with Crippen LogP contribution in [0.2, 0.25) is 0 Å². The summed E-state index contributed by atoms with van der Waals surface area (Å²) in [6.45, 7) is 2.26. The first-order valence-electron chi connectivity index (χ1n) is 7.73. The van der Waals surface area contributed by atoms with E-state index in [-0.39, 0.29) is 5.82 Å². The number of aromatic nitrogens is 3. The van der Waals surface area contributed by atoms with Crippen LogP contribution in [0, 0.1) is 5.82 Å². The van der Waals surface area contributed by atoms with Gasteiger partial charge < -0.3 is 5.73 Å². The van der Waals surface area contributed by atoms with Crippen molar-refractivity contribution in [3.05, 3.63) is 66.0 Å². The Kier molecular flexibility index (Phi) is 5.14. The minimum absolute atomic E-state index is 0.310. The van der Waals surface area contributed by atoms with Gasteiger partial charge in [0.25, 0.3) is 0 Å². The van der Waals surface area contributed by atoms with Crippen LogP contribution in [0.3, 0.4) is 0 Å². The lowest BCUT2D eigenvalue weighted by Gasteiger charge is -2.12. The highest BCUT2D eigenvalue weighted by molar-refractivity contribution is 8.00. The first-order chi connectivity index (χ1) is 12.0. The highest BCUT2D eigenvalue weighted by Crippen LogP contribution is 2.27. The van der Waals surface area contributed by atoms with Gasteiger partial charge in [0.15, 0.2) is 11.0 Å². The van der Waals surface area contributed by atoms with Crippen LogP contribution in [0.4, 0.5) is 4.39 Å². The molecule has 7 heteroatoms. The molecule has 0 fully saturated rings. The molecule has 0 bridgehead atoms. The number of thioether (sulfide) groups is 1. The van der Waals surface area contributed by atoms with Crippen LogP contribution in [-0.4, -0.2) is 25.9 Å². The maximum Gasteiger partial charge on any atom is 0.230 e. The van der Waals surface area contributed by atoms with E-state index in [4.69, 9.17) is 5.73 Å². The Morgan fingerprint density at radius 3 is 2.48 bits per heavy atom. The number of hydrogen-bond donors (Lipinski definition) is 1. The third-order valence-electron chi connectivity index (χ3n) is 3.69. The highest BCUT2D eigenvalue weighted by atomic mass is 32.2. The largest absolute Gasteiger partial charge is 0.369 e. The number of carbonyl (C=O) groups excluding carboxylic acids is 1. The number of carbonyl (C=O) groups is 1. The van der Waals surface area contributed by atoms with Gasteiger partial charge in [-0.05, 0) is 36.8 Å². The topological polar surface area (TPSA) is 73.8 Å². The van der Waals surface area contributed by atoms with E-state index in [1.807, 2.05) is 34.9 Å². The summed E-state index contributed by atoms with van der Waals surface area (Å²) in [5.74, 6) is -0.111. The van der Waals surface area contributed by atoms with Gasteiger partial charge in [-0.2, -0.15) is 0 Å². The second-order valence-corrected chi connectivity index (χ2v) is 6.86. The van der Waals surface area contributed by atoms with Crippen molar-refractivity contribution in [3.8, 4) is 11.4 Å². The Morgan fingerprint density at radius 2 is 1.84 bits per heavy atom. The van der Waals surface area contributed by atoms with Crippen molar-refractivity contribution in [2.45, 2.75) is 23.9 Å². The number of primary amides is 1. The molecule has 0 spiro atoms. The molecule has 3 rings (SSSR count). The summed E-state index contributed by atoms with van der Waals surface area (Å²) < 4.78 is 15.1.